The molecule has 0 saturated heterocycles. The third-order valence-corrected chi connectivity index (χ3v) is 4.64. The topological polar surface area (TPSA) is 66.4 Å². The van der Waals surface area contributed by atoms with Gasteiger partial charge in [0.2, 0.25) is 0 Å². The van der Waals surface area contributed by atoms with E-state index in [0.717, 1.165) is 0 Å². The van der Waals surface area contributed by atoms with Crippen molar-refractivity contribution >= 4 is 11.9 Å². The van der Waals surface area contributed by atoms with Crippen LogP contribution < -0.4 is 13.8 Å². The van der Waals surface area contributed by atoms with E-state index in [1.165, 1.54) is 11.1 Å². The largest absolute Gasteiger partial charge is 0.424 e. The number of rotatable bonds is 5. The number of halogens is 1. The molecule has 6 nitrogen and oxygen atoms in total. The van der Waals surface area contributed by atoms with E-state index in [0.29, 0.717) is 11.5 Å². The van der Waals surface area contributed by atoms with Gasteiger partial charge in [-0.3, -0.25) is 0 Å². The van der Waals surface area contributed by atoms with E-state index < -0.39 is 0 Å². The Morgan fingerprint density at radius 2 is 0.900 bits per heavy atom. The molecule has 30 heavy (non-hydrogen) atoms. The zero-order valence-electron chi connectivity index (χ0n) is 18.1. The predicted molar refractivity (Wildman–Crippen MR) is 117 cm³/mol. The van der Waals surface area contributed by atoms with Crippen LogP contribution in [0.3, 0.4) is 0 Å². The Balaban J connectivity index is 1.80. The van der Waals surface area contributed by atoms with Gasteiger partial charge in [-0.05, 0) is 46.2 Å². The smallest absolute Gasteiger partial charge is 0.344 e. The molecule has 7 heteroatoms. The van der Waals surface area contributed by atoms with Crippen LogP contribution in [0.4, 0.5) is 0 Å². The van der Waals surface area contributed by atoms with E-state index in [-0.39, 0.29) is 28.9 Å². The second kappa shape index (κ2) is 8.48. The number of hydrogen-bond acceptors (Lipinski definition) is 6. The van der Waals surface area contributed by atoms with Crippen LogP contribution in [0.1, 0.15) is 52.7 Å². The van der Waals surface area contributed by atoms with Crippen molar-refractivity contribution in [3.63, 3.8) is 0 Å². The molecule has 2 aromatic carbocycles. The summed E-state index contributed by atoms with van der Waals surface area (Å²) in [6.45, 7) is 12.9. The van der Waals surface area contributed by atoms with Crippen molar-refractivity contribution in [1.82, 2.24) is 15.0 Å². The van der Waals surface area contributed by atoms with E-state index >= 15 is 0 Å². The van der Waals surface area contributed by atoms with Crippen LogP contribution in [0.15, 0.2) is 48.5 Å². The fourth-order valence-corrected chi connectivity index (χ4v) is 2.77. The maximum Gasteiger partial charge on any atom is 0.344 e. The molecule has 0 aliphatic heterocycles. The minimum atomic E-state index is -0.116. The minimum absolute atomic E-state index is 0.0190. The van der Waals surface area contributed by atoms with Crippen molar-refractivity contribution in [3.8, 4) is 29.5 Å². The first kappa shape index (κ1) is 21.8. The number of ether oxygens (including phenoxy) is 2. The van der Waals surface area contributed by atoms with E-state index in [9.17, 15) is 0 Å². The van der Waals surface area contributed by atoms with E-state index in [1.807, 2.05) is 48.5 Å². The summed E-state index contributed by atoms with van der Waals surface area (Å²) in [5.41, 5.74) is 2.49. The Morgan fingerprint density at radius 3 is 1.20 bits per heavy atom. The summed E-state index contributed by atoms with van der Waals surface area (Å²) >= 11 is 5.45. The summed E-state index contributed by atoms with van der Waals surface area (Å²) < 4.78 is 16.1. The van der Waals surface area contributed by atoms with Gasteiger partial charge in [0.05, 0.1) is 0 Å². The molecular weight excluding hydrogens is 402 g/mol. The SMILES string of the molecule is CC(C)(C)c1ccc(Oc2nc(OCl)nc(Oc3ccc(C(C)(C)C)cc3)n2)cc1. The lowest BCUT2D eigenvalue weighted by Gasteiger charge is -2.19. The first-order valence-electron chi connectivity index (χ1n) is 9.66. The van der Waals surface area contributed by atoms with Gasteiger partial charge in [0.25, 0.3) is 0 Å². The van der Waals surface area contributed by atoms with Crippen LogP contribution in [-0.4, -0.2) is 15.0 Å². The standard InChI is InChI=1S/C23H26ClN3O3/c1-22(2,3)15-7-11-17(12-8-15)28-19-25-20(27-21(26-19)30-24)29-18-13-9-16(10-14-18)23(4,5)6/h7-14H,1-6H3. The second-order valence-electron chi connectivity index (χ2n) is 9.01. The average Bonchev–Trinajstić information content (AvgIpc) is 2.67. The van der Waals surface area contributed by atoms with Gasteiger partial charge in [-0.2, -0.15) is 0 Å². The molecule has 3 rings (SSSR count). The summed E-state index contributed by atoms with van der Waals surface area (Å²) in [7, 11) is 0. The lowest BCUT2D eigenvalue weighted by molar-refractivity contribution is 0.381. The maximum atomic E-state index is 5.75. The highest BCUT2D eigenvalue weighted by Crippen LogP contribution is 2.29. The van der Waals surface area contributed by atoms with E-state index in [1.54, 1.807) is 0 Å². The van der Waals surface area contributed by atoms with E-state index in [4.69, 9.17) is 21.3 Å². The van der Waals surface area contributed by atoms with Gasteiger partial charge in [-0.1, -0.05) is 65.8 Å². The number of nitrogens with zero attached hydrogens (tertiary/aromatic N) is 3. The molecule has 0 radical (unpaired) electrons. The Labute approximate surface area is 182 Å². The van der Waals surface area contributed by atoms with Crippen molar-refractivity contribution in [2.75, 3.05) is 0 Å². The fraction of sp³-hybridized carbons (Fsp3) is 0.348. The Morgan fingerprint density at radius 1 is 0.567 bits per heavy atom. The third-order valence-electron chi connectivity index (χ3n) is 4.50. The Bertz CT molecular complexity index is 914. The van der Waals surface area contributed by atoms with Gasteiger partial charge in [0, 0.05) is 0 Å². The average molecular weight is 428 g/mol. The zero-order valence-corrected chi connectivity index (χ0v) is 18.8. The van der Waals surface area contributed by atoms with Crippen molar-refractivity contribution in [1.29, 1.82) is 0 Å². The zero-order chi connectivity index (χ0) is 21.9. The molecule has 3 aromatic rings. The van der Waals surface area contributed by atoms with Gasteiger partial charge in [0.15, 0.2) is 0 Å². The third kappa shape index (κ3) is 5.60. The molecule has 158 valence electrons. The van der Waals surface area contributed by atoms with Crippen molar-refractivity contribution in [2.24, 2.45) is 0 Å². The first-order chi connectivity index (χ1) is 14.0. The lowest BCUT2D eigenvalue weighted by Crippen LogP contribution is -2.10. The van der Waals surface area contributed by atoms with Gasteiger partial charge < -0.3 is 13.8 Å². The molecule has 0 aliphatic rings. The molecule has 0 aliphatic carbocycles. The van der Waals surface area contributed by atoms with Crippen molar-refractivity contribution in [3.05, 3.63) is 59.7 Å². The van der Waals surface area contributed by atoms with Gasteiger partial charge in [0.1, 0.15) is 23.4 Å². The number of hydrogen-bond donors (Lipinski definition) is 0. The van der Waals surface area contributed by atoms with Gasteiger partial charge >= 0.3 is 18.0 Å². The highest BCUT2D eigenvalue weighted by Gasteiger charge is 2.16. The van der Waals surface area contributed by atoms with Crippen molar-refractivity contribution in [2.45, 2.75) is 52.4 Å². The van der Waals surface area contributed by atoms with Crippen LogP contribution in [0.25, 0.3) is 0 Å². The molecule has 0 unspecified atom stereocenters. The fourth-order valence-electron chi connectivity index (χ4n) is 2.70. The van der Waals surface area contributed by atoms with E-state index in [2.05, 4.69) is 60.8 Å². The van der Waals surface area contributed by atoms with Gasteiger partial charge in [-0.15, -0.1) is 15.0 Å². The summed E-state index contributed by atoms with van der Waals surface area (Å²) in [6.07, 6.45) is 0. The summed E-state index contributed by atoms with van der Waals surface area (Å²) in [4.78, 5) is 12.3. The highest BCUT2D eigenvalue weighted by molar-refractivity contribution is 6.08. The number of benzene rings is 2. The maximum absolute atomic E-state index is 5.75. The highest BCUT2D eigenvalue weighted by atomic mass is 35.5. The van der Waals surface area contributed by atoms with Crippen LogP contribution in [-0.2, 0) is 10.8 Å². The molecule has 0 amide bonds. The van der Waals surface area contributed by atoms with Crippen molar-refractivity contribution < 1.29 is 13.8 Å². The minimum Gasteiger partial charge on any atom is -0.424 e. The molecule has 0 atom stereocenters. The first-order valence-corrected chi connectivity index (χ1v) is 9.97. The molecule has 0 saturated carbocycles. The number of aromatic nitrogens is 3. The molecule has 1 aromatic heterocycles. The van der Waals surface area contributed by atoms with Crippen LogP contribution in [0, 0.1) is 0 Å². The Hall–Kier alpha value is -2.86. The quantitative estimate of drug-likeness (QED) is 0.458. The predicted octanol–water partition coefficient (Wildman–Crippen LogP) is 6.58. The van der Waals surface area contributed by atoms with Crippen LogP contribution >= 0.6 is 11.9 Å². The monoisotopic (exact) mass is 427 g/mol. The summed E-state index contributed by atoms with van der Waals surface area (Å²) in [5.74, 6) is 1.16. The van der Waals surface area contributed by atoms with Gasteiger partial charge in [-0.25, -0.2) is 0 Å². The summed E-state index contributed by atoms with van der Waals surface area (Å²) in [6, 6.07) is 15.4. The van der Waals surface area contributed by atoms with Crippen LogP contribution in [0.2, 0.25) is 0 Å². The van der Waals surface area contributed by atoms with Crippen LogP contribution in [0.5, 0.6) is 29.5 Å². The molecule has 0 N–H and O–H groups in total. The molecular formula is C23H26ClN3O3. The second-order valence-corrected chi connectivity index (χ2v) is 9.17. The molecule has 0 fully saturated rings. The molecule has 1 heterocycles. The molecule has 0 bridgehead atoms. The Kier molecular flexibility index (Phi) is 6.17. The lowest BCUT2D eigenvalue weighted by atomic mass is 9.87. The normalized spacial score (nSPS) is 11.8. The summed E-state index contributed by atoms with van der Waals surface area (Å²) in [5, 5.41) is 0. The molecule has 0 spiro atoms.